The summed E-state index contributed by atoms with van der Waals surface area (Å²) in [6, 6.07) is 7.78. The molecule has 0 amide bonds. The van der Waals surface area contributed by atoms with Crippen molar-refractivity contribution in [1.29, 1.82) is 0 Å². The molecule has 0 radical (unpaired) electrons. The molecule has 0 aliphatic carbocycles. The molecule has 2 unspecified atom stereocenters. The first kappa shape index (κ1) is 20.5. The Morgan fingerprint density at radius 2 is 2.00 bits per heavy atom. The Balaban J connectivity index is 2.62. The van der Waals surface area contributed by atoms with Gasteiger partial charge in [-0.1, -0.05) is 55.0 Å². The average Bonchev–Trinajstić information content (AvgIpc) is 2.60. The van der Waals surface area contributed by atoms with Gasteiger partial charge < -0.3 is 5.32 Å². The van der Waals surface area contributed by atoms with Gasteiger partial charge in [-0.15, -0.1) is 6.58 Å². The standard InChI is InChI=1S/C21H30N2O2S/c1-6-8-14-22-20-19(17(4)7-2)13-15-23(26(5,24)25)21(20)18-11-9-16(3)10-12-18/h6-12,17,21-22H,2,13-15H2,1,3-5H3/b8-6-. The average molecular weight is 375 g/mol. The SMILES string of the molecule is C=CC(C)C1=C(NC/C=C\C)C(c2ccc(C)cc2)N(S(C)(=O)=O)CC1. The second-order valence-corrected chi connectivity index (χ2v) is 8.79. The van der Waals surface area contributed by atoms with Gasteiger partial charge in [-0.3, -0.25) is 0 Å². The molecule has 0 spiro atoms. The molecule has 0 aromatic heterocycles. The van der Waals surface area contributed by atoms with Crippen LogP contribution in [0.15, 0.2) is 60.3 Å². The Bertz CT molecular complexity index is 792. The molecule has 1 N–H and O–H groups in total. The van der Waals surface area contributed by atoms with Gasteiger partial charge in [0, 0.05) is 18.8 Å². The van der Waals surface area contributed by atoms with Crippen LogP contribution in [0.25, 0.3) is 0 Å². The van der Waals surface area contributed by atoms with E-state index in [1.165, 1.54) is 11.8 Å². The molecule has 0 fully saturated rings. The highest BCUT2D eigenvalue weighted by Crippen LogP contribution is 2.38. The largest absolute Gasteiger partial charge is 0.383 e. The van der Waals surface area contributed by atoms with Crippen LogP contribution in [-0.4, -0.2) is 32.1 Å². The van der Waals surface area contributed by atoms with E-state index in [1.54, 1.807) is 4.31 Å². The van der Waals surface area contributed by atoms with E-state index < -0.39 is 10.0 Å². The van der Waals surface area contributed by atoms with Gasteiger partial charge in [-0.25, -0.2) is 8.42 Å². The molecule has 5 heteroatoms. The van der Waals surface area contributed by atoms with Crippen molar-refractivity contribution in [2.24, 2.45) is 5.92 Å². The third-order valence-corrected chi connectivity index (χ3v) is 6.12. The van der Waals surface area contributed by atoms with Gasteiger partial charge in [-0.05, 0) is 37.3 Å². The molecular weight excluding hydrogens is 344 g/mol. The van der Waals surface area contributed by atoms with Crippen molar-refractivity contribution in [3.05, 3.63) is 71.5 Å². The minimum Gasteiger partial charge on any atom is -0.383 e. The summed E-state index contributed by atoms with van der Waals surface area (Å²) in [5, 5.41) is 3.49. The molecule has 142 valence electrons. The van der Waals surface area contributed by atoms with Gasteiger partial charge in [-0.2, -0.15) is 4.31 Å². The summed E-state index contributed by atoms with van der Waals surface area (Å²) < 4.78 is 26.6. The van der Waals surface area contributed by atoms with E-state index in [1.807, 2.05) is 56.3 Å². The van der Waals surface area contributed by atoms with Crippen molar-refractivity contribution in [3.63, 3.8) is 0 Å². The smallest absolute Gasteiger partial charge is 0.212 e. The zero-order chi connectivity index (χ0) is 19.3. The number of benzene rings is 1. The van der Waals surface area contributed by atoms with Crippen LogP contribution in [0.2, 0.25) is 0 Å². The lowest BCUT2D eigenvalue weighted by Gasteiger charge is -2.39. The van der Waals surface area contributed by atoms with Crippen molar-refractivity contribution in [2.45, 2.75) is 33.2 Å². The number of nitrogens with zero attached hydrogens (tertiary/aromatic N) is 1. The van der Waals surface area contributed by atoms with E-state index in [0.29, 0.717) is 19.5 Å². The quantitative estimate of drug-likeness (QED) is 0.736. The zero-order valence-electron chi connectivity index (χ0n) is 16.2. The van der Waals surface area contributed by atoms with Crippen molar-refractivity contribution >= 4 is 10.0 Å². The molecule has 0 saturated heterocycles. The maximum atomic E-state index is 12.5. The van der Waals surface area contributed by atoms with Crippen molar-refractivity contribution < 1.29 is 8.42 Å². The molecule has 1 heterocycles. The fourth-order valence-electron chi connectivity index (χ4n) is 3.37. The minimum atomic E-state index is -3.34. The second-order valence-electron chi connectivity index (χ2n) is 6.85. The van der Waals surface area contributed by atoms with E-state index in [0.717, 1.165) is 16.8 Å². The highest BCUT2D eigenvalue weighted by atomic mass is 32.2. The molecule has 4 nitrogen and oxygen atoms in total. The van der Waals surface area contributed by atoms with E-state index in [-0.39, 0.29) is 12.0 Å². The fourth-order valence-corrected chi connectivity index (χ4v) is 4.40. The molecular formula is C21H30N2O2S. The lowest BCUT2D eigenvalue weighted by Crippen LogP contribution is -2.43. The van der Waals surface area contributed by atoms with Gasteiger partial charge in [0.15, 0.2) is 0 Å². The van der Waals surface area contributed by atoms with Gasteiger partial charge >= 0.3 is 0 Å². The number of sulfonamides is 1. The molecule has 2 rings (SSSR count). The van der Waals surface area contributed by atoms with Crippen LogP contribution in [-0.2, 0) is 10.0 Å². The number of aryl methyl sites for hydroxylation is 1. The van der Waals surface area contributed by atoms with Gasteiger partial charge in [0.2, 0.25) is 10.0 Å². The summed E-state index contributed by atoms with van der Waals surface area (Å²) in [7, 11) is -3.34. The summed E-state index contributed by atoms with van der Waals surface area (Å²) in [6.07, 6.45) is 7.95. The number of hydrogen-bond donors (Lipinski definition) is 1. The number of allylic oxidation sites excluding steroid dienone is 2. The molecule has 0 saturated carbocycles. The predicted octanol–water partition coefficient (Wildman–Crippen LogP) is 3.94. The molecule has 1 aromatic rings. The van der Waals surface area contributed by atoms with Crippen LogP contribution >= 0.6 is 0 Å². The minimum absolute atomic E-state index is 0.192. The summed E-state index contributed by atoms with van der Waals surface area (Å²) in [5.74, 6) is 0.192. The first-order valence-corrected chi connectivity index (χ1v) is 10.9. The fraction of sp³-hybridized carbons (Fsp3) is 0.429. The van der Waals surface area contributed by atoms with Gasteiger partial charge in [0.25, 0.3) is 0 Å². The lowest BCUT2D eigenvalue weighted by atomic mass is 9.87. The van der Waals surface area contributed by atoms with Gasteiger partial charge in [0.05, 0.1) is 12.3 Å². The molecule has 1 aliphatic heterocycles. The molecule has 1 aromatic carbocycles. The molecule has 0 bridgehead atoms. The Morgan fingerprint density at radius 1 is 1.35 bits per heavy atom. The van der Waals surface area contributed by atoms with Crippen LogP contribution in [0.3, 0.4) is 0 Å². The van der Waals surface area contributed by atoms with Crippen molar-refractivity contribution in [1.82, 2.24) is 9.62 Å². The summed E-state index contributed by atoms with van der Waals surface area (Å²) in [6.45, 7) is 11.2. The third-order valence-electron chi connectivity index (χ3n) is 4.88. The maximum Gasteiger partial charge on any atom is 0.212 e. The Kier molecular flexibility index (Phi) is 6.84. The first-order valence-electron chi connectivity index (χ1n) is 9.03. The maximum absolute atomic E-state index is 12.5. The van der Waals surface area contributed by atoms with E-state index in [9.17, 15) is 8.42 Å². The van der Waals surface area contributed by atoms with Crippen LogP contribution in [0.1, 0.15) is 37.4 Å². The highest BCUT2D eigenvalue weighted by Gasteiger charge is 2.36. The summed E-state index contributed by atoms with van der Waals surface area (Å²) in [4.78, 5) is 0. The Labute approximate surface area is 158 Å². The Morgan fingerprint density at radius 3 is 2.54 bits per heavy atom. The van der Waals surface area contributed by atoms with Crippen LogP contribution in [0.4, 0.5) is 0 Å². The Hall–Kier alpha value is -1.85. The second kappa shape index (κ2) is 8.69. The van der Waals surface area contributed by atoms with Crippen LogP contribution < -0.4 is 5.32 Å². The third kappa shape index (κ3) is 4.65. The molecule has 26 heavy (non-hydrogen) atoms. The topological polar surface area (TPSA) is 49.4 Å². The van der Waals surface area contributed by atoms with E-state index in [2.05, 4.69) is 18.8 Å². The summed E-state index contributed by atoms with van der Waals surface area (Å²) in [5.41, 5.74) is 4.35. The monoisotopic (exact) mass is 374 g/mol. The normalized spacial score (nSPS) is 20.4. The number of nitrogens with one attached hydrogen (secondary N) is 1. The van der Waals surface area contributed by atoms with Crippen molar-refractivity contribution in [3.8, 4) is 0 Å². The molecule has 2 atom stereocenters. The van der Waals surface area contributed by atoms with Crippen LogP contribution in [0.5, 0.6) is 0 Å². The lowest BCUT2D eigenvalue weighted by molar-refractivity contribution is 0.323. The van der Waals surface area contributed by atoms with E-state index in [4.69, 9.17) is 0 Å². The highest BCUT2D eigenvalue weighted by molar-refractivity contribution is 7.88. The predicted molar refractivity (Wildman–Crippen MR) is 109 cm³/mol. The van der Waals surface area contributed by atoms with Crippen molar-refractivity contribution in [2.75, 3.05) is 19.3 Å². The van der Waals surface area contributed by atoms with Gasteiger partial charge in [0.1, 0.15) is 0 Å². The number of hydrogen-bond acceptors (Lipinski definition) is 3. The zero-order valence-corrected chi connectivity index (χ0v) is 17.0. The number of rotatable bonds is 7. The first-order chi connectivity index (χ1) is 12.3. The van der Waals surface area contributed by atoms with Crippen LogP contribution in [0, 0.1) is 12.8 Å². The van der Waals surface area contributed by atoms with E-state index >= 15 is 0 Å². The molecule has 1 aliphatic rings. The summed E-state index contributed by atoms with van der Waals surface area (Å²) >= 11 is 0.